The molecule has 0 radical (unpaired) electrons. The van der Waals surface area contributed by atoms with Gasteiger partial charge in [-0.1, -0.05) is 68.8 Å². The lowest BCUT2D eigenvalue weighted by Gasteiger charge is -2.36. The van der Waals surface area contributed by atoms with Crippen molar-refractivity contribution in [2.45, 2.75) is 78.1 Å². The van der Waals surface area contributed by atoms with E-state index in [0.717, 1.165) is 72.8 Å². The van der Waals surface area contributed by atoms with E-state index in [2.05, 4.69) is 46.0 Å². The summed E-state index contributed by atoms with van der Waals surface area (Å²) in [7, 11) is -0.455. The maximum atomic E-state index is 14.1. The molecule has 2 fully saturated rings. The Kier molecular flexibility index (Phi) is 17.1. The molecule has 7 rings (SSSR count). The third-order valence-corrected chi connectivity index (χ3v) is 15.2. The number of piperazine rings is 1. The van der Waals surface area contributed by atoms with E-state index in [1.165, 1.54) is 22.4 Å². The summed E-state index contributed by atoms with van der Waals surface area (Å²) in [4.78, 5) is 61.5. The molecular formula is C50H64ClN11O7S2. The minimum absolute atomic E-state index is 0.0131. The molecule has 2 saturated heterocycles. The van der Waals surface area contributed by atoms with E-state index >= 15 is 0 Å². The highest BCUT2D eigenvalue weighted by molar-refractivity contribution is 7.92. The molecule has 5 N–H and O–H groups in total. The van der Waals surface area contributed by atoms with Crippen LogP contribution in [0.2, 0.25) is 5.02 Å². The number of aliphatic hydroxyl groups is 1. The normalized spacial score (nSPS) is 16.9. The number of aliphatic hydroxyl groups excluding tert-OH is 1. The van der Waals surface area contributed by atoms with E-state index in [1.54, 1.807) is 42.7 Å². The molecule has 0 spiro atoms. The summed E-state index contributed by atoms with van der Waals surface area (Å²) in [5.41, 5.74) is 6.65. The first-order chi connectivity index (χ1) is 33.8. The van der Waals surface area contributed by atoms with Gasteiger partial charge in [-0.3, -0.25) is 23.6 Å². The van der Waals surface area contributed by atoms with E-state index in [4.69, 9.17) is 16.3 Å². The second-order valence-electron chi connectivity index (χ2n) is 19.0. The number of carbonyl (C=O) groups excluding carboxylic acids is 3. The number of nitrogens with one attached hydrogen (secondary N) is 4. The van der Waals surface area contributed by atoms with E-state index in [1.807, 2.05) is 75.7 Å². The maximum absolute atomic E-state index is 14.1. The zero-order chi connectivity index (χ0) is 51.0. The van der Waals surface area contributed by atoms with Crippen molar-refractivity contribution in [1.29, 1.82) is 0 Å². The molecule has 3 atom stereocenters. The molecule has 2 aliphatic heterocycles. The number of aryl methyl sites for hydroxylation is 1. The van der Waals surface area contributed by atoms with Gasteiger partial charge in [-0.25, -0.2) is 18.4 Å². The lowest BCUT2D eigenvalue weighted by molar-refractivity contribution is -0.144. The zero-order valence-electron chi connectivity index (χ0n) is 41.2. The molecule has 4 heterocycles. The van der Waals surface area contributed by atoms with Gasteiger partial charge in [-0.15, -0.1) is 11.3 Å². The quantitative estimate of drug-likeness (QED) is 0.0555. The van der Waals surface area contributed by atoms with Crippen molar-refractivity contribution in [2.75, 3.05) is 79.5 Å². The van der Waals surface area contributed by atoms with E-state index in [-0.39, 0.29) is 60.4 Å². The number of aromatic nitrogens is 3. The third kappa shape index (κ3) is 13.5. The van der Waals surface area contributed by atoms with Gasteiger partial charge in [0.1, 0.15) is 22.9 Å². The van der Waals surface area contributed by atoms with Gasteiger partial charge in [0.05, 0.1) is 58.8 Å². The van der Waals surface area contributed by atoms with Crippen LogP contribution in [0.4, 0.5) is 34.5 Å². The van der Waals surface area contributed by atoms with Crippen LogP contribution >= 0.6 is 22.9 Å². The first-order valence-corrected chi connectivity index (χ1v) is 26.7. The highest BCUT2D eigenvalue weighted by Crippen LogP contribution is 2.35. The van der Waals surface area contributed by atoms with Gasteiger partial charge in [-0.2, -0.15) is 4.98 Å². The lowest BCUT2D eigenvalue weighted by Crippen LogP contribution is -2.57. The van der Waals surface area contributed by atoms with Gasteiger partial charge in [0.2, 0.25) is 33.7 Å². The lowest BCUT2D eigenvalue weighted by atomic mass is 9.85. The van der Waals surface area contributed by atoms with Gasteiger partial charge in [0, 0.05) is 70.9 Å². The summed E-state index contributed by atoms with van der Waals surface area (Å²) >= 11 is 8.05. The summed E-state index contributed by atoms with van der Waals surface area (Å²) in [6.07, 6.45) is 3.55. The Hall–Kier alpha value is -6.06. The fraction of sp³-hybridized carbons (Fsp3) is 0.440. The van der Waals surface area contributed by atoms with Gasteiger partial charge >= 0.3 is 0 Å². The first kappa shape index (κ1) is 52.8. The number of halogens is 1. The summed E-state index contributed by atoms with van der Waals surface area (Å²) < 4.78 is 31.5. The molecular weight excluding hydrogens is 966 g/mol. The van der Waals surface area contributed by atoms with Crippen molar-refractivity contribution in [1.82, 2.24) is 35.4 Å². The zero-order valence-corrected chi connectivity index (χ0v) is 43.6. The van der Waals surface area contributed by atoms with Gasteiger partial charge in [0.25, 0.3) is 0 Å². The van der Waals surface area contributed by atoms with Crippen molar-refractivity contribution < 1.29 is 32.6 Å². The standard InChI is InChI=1S/C50H64ClN11O7S2/c1-32-44(70-31-54-32)34-17-15-33(16-18-34)28-52-47(65)41-27-36(63)30-62(41)48(66)45(50(2,3)4)57-43(64)14-10-11-21-60-22-24-61(25-23-60)35-19-20-39(42(26-35)69-6)56-49-53-29-37(51)46(58-49)55-38-12-8-9-13-40(38)59(5)71(7,67)68/h8-9,12-13,15-20,26,29,31,36,41,45,63H,10-11,14,21-25,27-28,30H2,1-7H3,(H,52,65)(H,57,64)(H2,53,55,56,58)/t36-,41-,45-/m1/s1. The minimum Gasteiger partial charge on any atom is -0.494 e. The van der Waals surface area contributed by atoms with Crippen LogP contribution in [0.3, 0.4) is 0 Å². The average Bonchev–Trinajstić information content (AvgIpc) is 3.97. The topological polar surface area (TPSA) is 215 Å². The molecule has 5 aromatic rings. The fourth-order valence-electron chi connectivity index (χ4n) is 8.64. The first-order valence-electron chi connectivity index (χ1n) is 23.6. The number of unbranched alkanes of at least 4 members (excludes halogenated alkanes) is 1. The van der Waals surface area contributed by atoms with Crippen LogP contribution in [-0.4, -0.2) is 134 Å². The Bertz CT molecular complexity index is 2780. The number of sulfonamides is 1. The summed E-state index contributed by atoms with van der Waals surface area (Å²) in [6.45, 7) is 12.0. The Morgan fingerprint density at radius 1 is 0.986 bits per heavy atom. The Morgan fingerprint density at radius 2 is 1.72 bits per heavy atom. The second kappa shape index (κ2) is 23.0. The largest absolute Gasteiger partial charge is 0.494 e. The number of rotatable bonds is 19. The van der Waals surface area contributed by atoms with Crippen LogP contribution < -0.4 is 35.2 Å². The third-order valence-electron chi connectivity index (χ3n) is 12.7. The van der Waals surface area contributed by atoms with Gasteiger partial charge in [0.15, 0.2) is 5.82 Å². The number of methoxy groups -OCH3 is 1. The monoisotopic (exact) mass is 1030 g/mol. The number of hydrogen-bond acceptors (Lipinski definition) is 15. The van der Waals surface area contributed by atoms with Crippen LogP contribution in [-0.2, 0) is 31.0 Å². The predicted octanol–water partition coefficient (Wildman–Crippen LogP) is 6.55. The number of para-hydroxylation sites is 2. The number of nitrogens with zero attached hydrogens (tertiary/aromatic N) is 7. The van der Waals surface area contributed by atoms with Gasteiger partial charge in [-0.05, 0) is 67.1 Å². The Balaban J connectivity index is 0.860. The van der Waals surface area contributed by atoms with Crippen LogP contribution in [0.25, 0.3) is 10.4 Å². The highest BCUT2D eigenvalue weighted by Gasteiger charge is 2.44. The SMILES string of the molecule is COc1cc(N2CCN(CCCCC(=O)N[C@H](C(=O)N3C[C@H](O)C[C@@H]3C(=O)NCc3ccc(-c4scnc4C)cc3)C(C)(C)C)CC2)ccc1Nc1ncc(Cl)c(Nc2ccccc2N(C)S(C)(=O)=O)n1. The van der Waals surface area contributed by atoms with Crippen molar-refractivity contribution in [3.8, 4) is 16.2 Å². The second-order valence-corrected chi connectivity index (χ2v) is 22.3. The van der Waals surface area contributed by atoms with Crippen LogP contribution in [0.1, 0.15) is 57.7 Å². The number of carbonyl (C=O) groups is 3. The number of amides is 3. The number of benzene rings is 3. The molecule has 380 valence electrons. The number of likely N-dealkylation sites (tertiary alicyclic amines) is 1. The van der Waals surface area contributed by atoms with E-state index in [9.17, 15) is 27.9 Å². The molecule has 18 nitrogen and oxygen atoms in total. The maximum Gasteiger partial charge on any atom is 0.246 e. The number of β-amino-alcohol motifs (C(OH)–C–C–N with tert-alkyl or cyclic N) is 1. The van der Waals surface area contributed by atoms with E-state index in [0.29, 0.717) is 29.2 Å². The Morgan fingerprint density at radius 3 is 2.39 bits per heavy atom. The molecule has 2 aliphatic rings. The summed E-state index contributed by atoms with van der Waals surface area (Å²) in [5.74, 6) is 0.166. The number of ether oxygens (including phenoxy) is 1. The molecule has 0 aliphatic carbocycles. The molecule has 0 saturated carbocycles. The van der Waals surface area contributed by atoms with Crippen molar-refractivity contribution >= 4 is 85.2 Å². The van der Waals surface area contributed by atoms with Crippen LogP contribution in [0, 0.1) is 12.3 Å². The number of anilines is 6. The molecule has 3 aromatic carbocycles. The molecule has 0 unspecified atom stereocenters. The van der Waals surface area contributed by atoms with Gasteiger partial charge < -0.3 is 40.9 Å². The molecule has 21 heteroatoms. The van der Waals surface area contributed by atoms with E-state index < -0.39 is 33.6 Å². The minimum atomic E-state index is -3.52. The average molecular weight is 1030 g/mol. The predicted molar refractivity (Wildman–Crippen MR) is 280 cm³/mol. The van der Waals surface area contributed by atoms with Crippen LogP contribution in [0.15, 0.2) is 78.4 Å². The van der Waals surface area contributed by atoms with Crippen molar-refractivity contribution in [3.05, 3.63) is 94.7 Å². The smallest absolute Gasteiger partial charge is 0.246 e. The number of thiazole rings is 1. The Labute approximate surface area is 425 Å². The molecule has 71 heavy (non-hydrogen) atoms. The highest BCUT2D eigenvalue weighted by atomic mass is 35.5. The molecule has 2 aromatic heterocycles. The molecule has 3 amide bonds. The van der Waals surface area contributed by atoms with Crippen LogP contribution in [0.5, 0.6) is 5.75 Å². The summed E-state index contributed by atoms with van der Waals surface area (Å²) in [5, 5.41) is 23.2. The molecule has 0 bridgehead atoms. The fourth-order valence-corrected chi connectivity index (χ4v) is 10.1. The van der Waals surface area contributed by atoms with Crippen molar-refractivity contribution in [2.24, 2.45) is 5.41 Å². The summed E-state index contributed by atoms with van der Waals surface area (Å²) in [6, 6.07) is 19.0. The number of hydrogen-bond donors (Lipinski definition) is 5. The van der Waals surface area contributed by atoms with Crippen molar-refractivity contribution in [3.63, 3.8) is 0 Å².